The van der Waals surface area contributed by atoms with Gasteiger partial charge in [0.2, 0.25) is 0 Å². The molecule has 2 nitrogen and oxygen atoms in total. The first-order chi connectivity index (χ1) is 12.3. The Morgan fingerprint density at radius 2 is 1.64 bits per heavy atom. The average molecular weight is 342 g/mol. The van der Waals surface area contributed by atoms with Crippen molar-refractivity contribution in [2.45, 2.75) is 77.7 Å². The maximum Gasteiger partial charge on any atom is 0.119 e. The van der Waals surface area contributed by atoms with Crippen LogP contribution in [0, 0.1) is 5.41 Å². The molecule has 2 saturated carbocycles. The molecule has 0 aromatic heterocycles. The minimum atomic E-state index is 0.435. The fourth-order valence-electron chi connectivity index (χ4n) is 4.77. The van der Waals surface area contributed by atoms with Gasteiger partial charge in [-0.3, -0.25) is 0 Å². The van der Waals surface area contributed by atoms with Crippen LogP contribution in [0.25, 0.3) is 5.57 Å². The minimum Gasteiger partial charge on any atom is -0.490 e. The van der Waals surface area contributed by atoms with Crippen LogP contribution in [0.1, 0.15) is 77.2 Å². The first kappa shape index (κ1) is 18.5. The lowest BCUT2D eigenvalue weighted by Gasteiger charge is -2.37. The number of rotatable bonds is 3. The van der Waals surface area contributed by atoms with Crippen LogP contribution in [-0.2, 0) is 0 Å². The molecule has 1 aromatic carbocycles. The van der Waals surface area contributed by atoms with Crippen LogP contribution >= 0.6 is 0 Å². The van der Waals surface area contributed by atoms with E-state index in [0.29, 0.717) is 11.5 Å². The number of nitrogens with one attached hydrogen (secondary N) is 1. The van der Waals surface area contributed by atoms with E-state index in [1.807, 2.05) is 13.8 Å². The number of benzene rings is 1. The first-order valence-corrected chi connectivity index (χ1v) is 10.5. The largest absolute Gasteiger partial charge is 0.490 e. The Labute approximate surface area is 154 Å². The van der Waals surface area contributed by atoms with Gasteiger partial charge in [0.25, 0.3) is 0 Å². The van der Waals surface area contributed by atoms with Crippen LogP contribution in [0.5, 0.6) is 5.75 Å². The third-order valence-electron chi connectivity index (χ3n) is 6.25. The van der Waals surface area contributed by atoms with Crippen molar-refractivity contribution in [3.05, 3.63) is 35.9 Å². The first-order valence-electron chi connectivity index (χ1n) is 10.5. The summed E-state index contributed by atoms with van der Waals surface area (Å²) in [5.74, 6) is 1.05. The highest BCUT2D eigenvalue weighted by atomic mass is 16.5. The zero-order chi connectivity index (χ0) is 17.5. The normalized spacial score (nSPS) is 22.9. The molecule has 2 fully saturated rings. The summed E-state index contributed by atoms with van der Waals surface area (Å²) in [7, 11) is 0. The van der Waals surface area contributed by atoms with Gasteiger partial charge in [-0.25, -0.2) is 0 Å². The van der Waals surface area contributed by atoms with Crippen molar-refractivity contribution in [2.75, 3.05) is 13.1 Å². The Balaban J connectivity index is 0.000000880. The van der Waals surface area contributed by atoms with Crippen molar-refractivity contribution < 1.29 is 4.74 Å². The fourth-order valence-corrected chi connectivity index (χ4v) is 4.77. The third kappa shape index (κ3) is 4.67. The molecule has 2 heteroatoms. The molecular weight excluding hydrogens is 306 g/mol. The maximum absolute atomic E-state index is 6.27. The van der Waals surface area contributed by atoms with Gasteiger partial charge in [0.05, 0.1) is 6.10 Å². The molecule has 0 amide bonds. The van der Waals surface area contributed by atoms with Crippen LogP contribution in [-0.4, -0.2) is 19.2 Å². The van der Waals surface area contributed by atoms with Crippen molar-refractivity contribution >= 4 is 5.57 Å². The third-order valence-corrected chi connectivity index (χ3v) is 6.25. The summed E-state index contributed by atoms with van der Waals surface area (Å²) in [4.78, 5) is 0. The predicted octanol–water partition coefficient (Wildman–Crippen LogP) is 5.97. The number of ether oxygens (including phenoxy) is 1. The van der Waals surface area contributed by atoms with Gasteiger partial charge in [-0.1, -0.05) is 44.9 Å². The van der Waals surface area contributed by atoms with Crippen LogP contribution in [0.3, 0.4) is 0 Å². The summed E-state index contributed by atoms with van der Waals surface area (Å²) in [6.07, 6.45) is 15.0. The summed E-state index contributed by atoms with van der Waals surface area (Å²) < 4.78 is 6.27. The smallest absolute Gasteiger partial charge is 0.119 e. The molecule has 1 spiro atoms. The molecule has 2 aliphatic carbocycles. The quantitative estimate of drug-likeness (QED) is 0.731. The Hall–Kier alpha value is -1.28. The highest BCUT2D eigenvalue weighted by Gasteiger charge is 2.37. The van der Waals surface area contributed by atoms with Gasteiger partial charge in [-0.15, -0.1) is 0 Å². The van der Waals surface area contributed by atoms with Crippen LogP contribution in [0.15, 0.2) is 30.3 Å². The van der Waals surface area contributed by atoms with Gasteiger partial charge in [0.15, 0.2) is 0 Å². The molecule has 0 saturated heterocycles. The summed E-state index contributed by atoms with van der Waals surface area (Å²) in [5, 5.41) is 3.37. The molecule has 3 aliphatic rings. The van der Waals surface area contributed by atoms with Gasteiger partial charge >= 0.3 is 0 Å². The van der Waals surface area contributed by atoms with E-state index in [9.17, 15) is 0 Å². The molecule has 0 unspecified atom stereocenters. The lowest BCUT2D eigenvalue weighted by atomic mass is 9.72. The van der Waals surface area contributed by atoms with E-state index < -0.39 is 0 Å². The van der Waals surface area contributed by atoms with Crippen molar-refractivity contribution in [1.29, 1.82) is 0 Å². The van der Waals surface area contributed by atoms with Crippen LogP contribution in [0.4, 0.5) is 0 Å². The zero-order valence-electron chi connectivity index (χ0n) is 16.2. The molecule has 0 radical (unpaired) electrons. The highest BCUT2D eigenvalue weighted by molar-refractivity contribution is 5.67. The zero-order valence-corrected chi connectivity index (χ0v) is 16.2. The van der Waals surface area contributed by atoms with E-state index in [-0.39, 0.29) is 0 Å². The van der Waals surface area contributed by atoms with Crippen molar-refractivity contribution in [1.82, 2.24) is 5.32 Å². The Bertz CT molecular complexity index is 544. The van der Waals surface area contributed by atoms with E-state index in [4.69, 9.17) is 4.74 Å². The predicted molar refractivity (Wildman–Crippen MR) is 107 cm³/mol. The molecular formula is C23H35NO. The van der Waals surface area contributed by atoms with E-state index in [1.54, 1.807) is 0 Å². The monoisotopic (exact) mass is 341 g/mol. The second-order valence-electron chi connectivity index (χ2n) is 7.73. The summed E-state index contributed by atoms with van der Waals surface area (Å²) in [6.45, 7) is 6.09. The average Bonchev–Trinajstić information content (AvgIpc) is 3.15. The SMILES string of the molecule is C1=C(c2ccc(OC3CCC4(CCCC4)CC3)cc2)CCNC1.CC. The number of hydrogen-bond donors (Lipinski definition) is 1. The highest BCUT2D eigenvalue weighted by Crippen LogP contribution is 2.49. The van der Waals surface area contributed by atoms with Gasteiger partial charge in [-0.2, -0.15) is 0 Å². The molecule has 1 aliphatic heterocycles. The lowest BCUT2D eigenvalue weighted by molar-refractivity contribution is 0.0824. The molecule has 138 valence electrons. The van der Waals surface area contributed by atoms with Gasteiger partial charge in [-0.05, 0) is 80.2 Å². The van der Waals surface area contributed by atoms with Crippen molar-refractivity contribution in [2.24, 2.45) is 5.41 Å². The molecule has 1 heterocycles. The maximum atomic E-state index is 6.27. The molecule has 1 aromatic rings. The second kappa shape index (κ2) is 8.89. The van der Waals surface area contributed by atoms with Crippen molar-refractivity contribution in [3.8, 4) is 5.75 Å². The topological polar surface area (TPSA) is 21.3 Å². The Kier molecular flexibility index (Phi) is 6.58. The summed E-state index contributed by atoms with van der Waals surface area (Å²) in [6, 6.07) is 8.79. The molecule has 1 N–H and O–H groups in total. The van der Waals surface area contributed by atoms with Crippen LogP contribution in [0.2, 0.25) is 0 Å². The van der Waals surface area contributed by atoms with E-state index >= 15 is 0 Å². The lowest BCUT2D eigenvalue weighted by Crippen LogP contribution is -2.30. The van der Waals surface area contributed by atoms with Crippen molar-refractivity contribution in [3.63, 3.8) is 0 Å². The van der Waals surface area contributed by atoms with E-state index in [0.717, 1.165) is 25.3 Å². The molecule has 25 heavy (non-hydrogen) atoms. The Morgan fingerprint density at radius 3 is 2.24 bits per heavy atom. The molecule has 0 bridgehead atoms. The minimum absolute atomic E-state index is 0.435. The van der Waals surface area contributed by atoms with E-state index in [1.165, 1.54) is 62.5 Å². The summed E-state index contributed by atoms with van der Waals surface area (Å²) in [5.41, 5.74) is 3.52. The summed E-state index contributed by atoms with van der Waals surface area (Å²) >= 11 is 0. The standard InChI is InChI=1S/C21H29NO.C2H6/c1-2-12-21(11-1)13-7-20(8-14-21)23-19-5-3-17(4-6-19)18-9-15-22-16-10-18;1-2/h3-6,9,20,22H,1-2,7-8,10-16H2;1-2H3. The molecule has 0 atom stereocenters. The van der Waals surface area contributed by atoms with Gasteiger partial charge in [0.1, 0.15) is 5.75 Å². The van der Waals surface area contributed by atoms with Crippen LogP contribution < -0.4 is 10.1 Å². The second-order valence-corrected chi connectivity index (χ2v) is 7.73. The number of hydrogen-bond acceptors (Lipinski definition) is 2. The Morgan fingerprint density at radius 1 is 0.960 bits per heavy atom. The van der Waals surface area contributed by atoms with Gasteiger partial charge < -0.3 is 10.1 Å². The van der Waals surface area contributed by atoms with E-state index in [2.05, 4.69) is 35.7 Å². The van der Waals surface area contributed by atoms with Gasteiger partial charge in [0, 0.05) is 6.54 Å². The molecule has 4 rings (SSSR count). The fraction of sp³-hybridized carbons (Fsp3) is 0.652.